The highest BCUT2D eigenvalue weighted by atomic mass is 16.5. The fourth-order valence-electron chi connectivity index (χ4n) is 2.01. The van der Waals surface area contributed by atoms with E-state index in [1.165, 1.54) is 10.8 Å². The molecule has 0 aliphatic carbocycles. The number of nitrogens with two attached hydrogens (primary N) is 1. The van der Waals surface area contributed by atoms with Crippen LogP contribution in [0.1, 0.15) is 18.5 Å². The summed E-state index contributed by atoms with van der Waals surface area (Å²) in [6.07, 6.45) is 0. The van der Waals surface area contributed by atoms with Crippen LogP contribution in [0.25, 0.3) is 10.8 Å². The van der Waals surface area contributed by atoms with Crippen molar-refractivity contribution in [3.05, 3.63) is 48.0 Å². The van der Waals surface area contributed by atoms with Gasteiger partial charge in [0, 0.05) is 6.61 Å². The second-order valence-electron chi connectivity index (χ2n) is 4.48. The number of rotatable bonds is 7. The summed E-state index contributed by atoms with van der Waals surface area (Å²) >= 11 is 0. The second kappa shape index (κ2) is 7.24. The summed E-state index contributed by atoms with van der Waals surface area (Å²) in [4.78, 5) is 0. The lowest BCUT2D eigenvalue weighted by molar-refractivity contribution is 0.0473. The monoisotopic (exact) mass is 259 g/mol. The first-order valence-corrected chi connectivity index (χ1v) is 6.71. The van der Waals surface area contributed by atoms with Crippen LogP contribution >= 0.6 is 0 Å². The van der Waals surface area contributed by atoms with Crippen LogP contribution in [0.15, 0.2) is 42.5 Å². The molecule has 0 heterocycles. The number of hydrogen-bond donors (Lipinski definition) is 1. The molecule has 0 saturated heterocycles. The number of ether oxygens (including phenoxy) is 2. The third-order valence-electron chi connectivity index (χ3n) is 3.08. The Labute approximate surface area is 114 Å². The van der Waals surface area contributed by atoms with Crippen LogP contribution in [0, 0.1) is 0 Å². The fraction of sp³-hybridized carbons (Fsp3) is 0.375. The molecule has 1 atom stereocenters. The van der Waals surface area contributed by atoms with E-state index >= 15 is 0 Å². The molecule has 0 spiro atoms. The second-order valence-corrected chi connectivity index (χ2v) is 4.48. The Hall–Kier alpha value is -1.42. The first-order valence-electron chi connectivity index (χ1n) is 6.71. The van der Waals surface area contributed by atoms with E-state index in [-0.39, 0.29) is 6.04 Å². The van der Waals surface area contributed by atoms with Gasteiger partial charge in [0.1, 0.15) is 0 Å². The lowest BCUT2D eigenvalue weighted by atomic mass is 10.0. The Morgan fingerprint density at radius 2 is 1.74 bits per heavy atom. The van der Waals surface area contributed by atoms with Crippen molar-refractivity contribution in [2.24, 2.45) is 5.73 Å². The predicted molar refractivity (Wildman–Crippen MR) is 78.2 cm³/mol. The molecular formula is C16H21NO2. The van der Waals surface area contributed by atoms with Crippen LogP contribution in [0.4, 0.5) is 0 Å². The van der Waals surface area contributed by atoms with Gasteiger partial charge in [-0.15, -0.1) is 0 Å². The highest BCUT2D eigenvalue weighted by Gasteiger charge is 2.06. The Morgan fingerprint density at radius 3 is 2.53 bits per heavy atom. The molecule has 3 heteroatoms. The Morgan fingerprint density at radius 1 is 1.00 bits per heavy atom. The fourth-order valence-corrected chi connectivity index (χ4v) is 2.01. The maximum absolute atomic E-state index is 6.13. The van der Waals surface area contributed by atoms with E-state index in [0.717, 1.165) is 12.2 Å². The van der Waals surface area contributed by atoms with Crippen LogP contribution in [-0.4, -0.2) is 26.4 Å². The van der Waals surface area contributed by atoms with Gasteiger partial charge in [-0.3, -0.25) is 0 Å². The average Bonchev–Trinajstić information content (AvgIpc) is 2.46. The number of benzene rings is 2. The van der Waals surface area contributed by atoms with Crippen LogP contribution in [0.2, 0.25) is 0 Å². The lowest BCUT2D eigenvalue weighted by Crippen LogP contribution is -2.18. The Balaban J connectivity index is 1.91. The van der Waals surface area contributed by atoms with Gasteiger partial charge >= 0.3 is 0 Å². The molecule has 19 heavy (non-hydrogen) atoms. The van der Waals surface area contributed by atoms with E-state index in [0.29, 0.717) is 19.8 Å². The molecule has 2 aromatic carbocycles. The van der Waals surface area contributed by atoms with Gasteiger partial charge in [-0.1, -0.05) is 36.4 Å². The molecule has 3 nitrogen and oxygen atoms in total. The first kappa shape index (κ1) is 14.0. The molecule has 1 unspecified atom stereocenters. The van der Waals surface area contributed by atoms with Crippen LogP contribution in [-0.2, 0) is 9.47 Å². The summed E-state index contributed by atoms with van der Waals surface area (Å²) in [5.74, 6) is 0. The van der Waals surface area contributed by atoms with E-state index in [2.05, 4.69) is 30.3 Å². The maximum atomic E-state index is 6.13. The van der Waals surface area contributed by atoms with E-state index in [9.17, 15) is 0 Å². The molecule has 0 amide bonds. The van der Waals surface area contributed by atoms with Gasteiger partial charge in [0.15, 0.2) is 0 Å². The third kappa shape index (κ3) is 4.03. The van der Waals surface area contributed by atoms with Crippen LogP contribution in [0.5, 0.6) is 0 Å². The van der Waals surface area contributed by atoms with Crippen molar-refractivity contribution >= 4 is 10.8 Å². The van der Waals surface area contributed by atoms with Gasteiger partial charge in [-0.2, -0.15) is 0 Å². The summed E-state index contributed by atoms with van der Waals surface area (Å²) in [5.41, 5.74) is 7.24. The summed E-state index contributed by atoms with van der Waals surface area (Å²) < 4.78 is 10.7. The predicted octanol–water partition coefficient (Wildman–Crippen LogP) is 2.89. The smallest absolute Gasteiger partial charge is 0.0701 e. The highest BCUT2D eigenvalue weighted by Crippen LogP contribution is 2.19. The van der Waals surface area contributed by atoms with E-state index in [1.807, 2.05) is 19.1 Å². The maximum Gasteiger partial charge on any atom is 0.0701 e. The quantitative estimate of drug-likeness (QED) is 0.778. The van der Waals surface area contributed by atoms with Crippen LogP contribution in [0.3, 0.4) is 0 Å². The van der Waals surface area contributed by atoms with Crippen molar-refractivity contribution in [1.82, 2.24) is 0 Å². The van der Waals surface area contributed by atoms with Crippen molar-refractivity contribution in [1.29, 1.82) is 0 Å². The molecule has 0 fully saturated rings. The SMILES string of the molecule is CCOCCOCC(N)c1ccc2ccccc2c1. The molecule has 0 aliphatic rings. The number of hydrogen-bond acceptors (Lipinski definition) is 3. The molecule has 2 aromatic rings. The minimum atomic E-state index is -0.0915. The average molecular weight is 259 g/mol. The van der Waals surface area contributed by atoms with E-state index in [1.54, 1.807) is 0 Å². The summed E-state index contributed by atoms with van der Waals surface area (Å²) in [7, 11) is 0. The van der Waals surface area contributed by atoms with E-state index < -0.39 is 0 Å². The molecule has 2 N–H and O–H groups in total. The minimum absolute atomic E-state index is 0.0915. The van der Waals surface area contributed by atoms with Crippen molar-refractivity contribution in [3.8, 4) is 0 Å². The van der Waals surface area contributed by atoms with Gasteiger partial charge in [0.2, 0.25) is 0 Å². The molecule has 0 bridgehead atoms. The Bertz CT molecular complexity index is 513. The molecule has 102 valence electrons. The molecule has 2 rings (SSSR count). The molecule has 0 radical (unpaired) electrons. The lowest BCUT2D eigenvalue weighted by Gasteiger charge is -2.13. The topological polar surface area (TPSA) is 44.5 Å². The van der Waals surface area contributed by atoms with Gasteiger partial charge < -0.3 is 15.2 Å². The zero-order valence-corrected chi connectivity index (χ0v) is 11.3. The van der Waals surface area contributed by atoms with Gasteiger partial charge in [-0.05, 0) is 29.3 Å². The summed E-state index contributed by atoms with van der Waals surface area (Å²) in [6.45, 7) is 4.43. The standard InChI is InChI=1S/C16H21NO2/c1-2-18-9-10-19-12-16(17)15-8-7-13-5-3-4-6-14(13)11-15/h3-8,11,16H,2,9-10,12,17H2,1H3. The van der Waals surface area contributed by atoms with Crippen molar-refractivity contribution in [3.63, 3.8) is 0 Å². The van der Waals surface area contributed by atoms with Gasteiger partial charge in [0.25, 0.3) is 0 Å². The molecule has 0 aliphatic heterocycles. The van der Waals surface area contributed by atoms with Gasteiger partial charge in [-0.25, -0.2) is 0 Å². The molecule has 0 aromatic heterocycles. The summed E-state index contributed by atoms with van der Waals surface area (Å²) in [6, 6.07) is 14.5. The first-order chi connectivity index (χ1) is 9.31. The van der Waals surface area contributed by atoms with Crippen molar-refractivity contribution < 1.29 is 9.47 Å². The van der Waals surface area contributed by atoms with Crippen LogP contribution < -0.4 is 5.73 Å². The number of fused-ring (bicyclic) bond motifs is 1. The zero-order valence-electron chi connectivity index (χ0n) is 11.3. The highest BCUT2D eigenvalue weighted by molar-refractivity contribution is 5.83. The molecular weight excluding hydrogens is 238 g/mol. The Kier molecular flexibility index (Phi) is 5.33. The largest absolute Gasteiger partial charge is 0.379 e. The summed E-state index contributed by atoms with van der Waals surface area (Å²) in [5, 5.41) is 2.44. The zero-order chi connectivity index (χ0) is 13.5. The minimum Gasteiger partial charge on any atom is -0.379 e. The third-order valence-corrected chi connectivity index (χ3v) is 3.08. The van der Waals surface area contributed by atoms with Gasteiger partial charge in [0.05, 0.1) is 25.9 Å². The van der Waals surface area contributed by atoms with E-state index in [4.69, 9.17) is 15.2 Å². The normalized spacial score (nSPS) is 12.7. The molecule has 0 saturated carbocycles. The van der Waals surface area contributed by atoms with Crippen molar-refractivity contribution in [2.45, 2.75) is 13.0 Å². The van der Waals surface area contributed by atoms with Crippen molar-refractivity contribution in [2.75, 3.05) is 26.4 Å².